The molecular formula is C10H12N4S. The van der Waals surface area contributed by atoms with E-state index in [-0.39, 0.29) is 0 Å². The summed E-state index contributed by atoms with van der Waals surface area (Å²) in [4.78, 5) is 10.2. The SMILES string of the molecule is CN(Cc1ccsc1)c1cncc(N)n1. The van der Waals surface area contributed by atoms with Crippen molar-refractivity contribution in [2.45, 2.75) is 6.54 Å². The quantitative estimate of drug-likeness (QED) is 0.856. The van der Waals surface area contributed by atoms with Gasteiger partial charge in [0.2, 0.25) is 0 Å². The summed E-state index contributed by atoms with van der Waals surface area (Å²) in [6, 6.07) is 2.10. The van der Waals surface area contributed by atoms with E-state index in [1.807, 2.05) is 11.9 Å². The third kappa shape index (κ3) is 2.44. The fourth-order valence-electron chi connectivity index (χ4n) is 1.29. The highest BCUT2D eigenvalue weighted by Crippen LogP contribution is 2.14. The predicted molar refractivity (Wildman–Crippen MR) is 62.9 cm³/mol. The Hall–Kier alpha value is -1.62. The molecule has 2 N–H and O–H groups in total. The second-order valence-corrected chi connectivity index (χ2v) is 4.07. The van der Waals surface area contributed by atoms with Gasteiger partial charge in [0.05, 0.1) is 12.4 Å². The van der Waals surface area contributed by atoms with Gasteiger partial charge in [0.25, 0.3) is 0 Å². The molecular weight excluding hydrogens is 208 g/mol. The summed E-state index contributed by atoms with van der Waals surface area (Å²) in [7, 11) is 1.97. The summed E-state index contributed by atoms with van der Waals surface area (Å²) >= 11 is 1.69. The summed E-state index contributed by atoms with van der Waals surface area (Å²) in [5, 5.41) is 4.18. The molecule has 0 aliphatic heterocycles. The number of aromatic nitrogens is 2. The van der Waals surface area contributed by atoms with Gasteiger partial charge >= 0.3 is 0 Å². The minimum atomic E-state index is 0.449. The molecule has 4 nitrogen and oxygen atoms in total. The molecule has 0 radical (unpaired) electrons. The summed E-state index contributed by atoms with van der Waals surface area (Å²) in [5.74, 6) is 1.24. The number of nitrogens with zero attached hydrogens (tertiary/aromatic N) is 3. The molecule has 2 aromatic heterocycles. The molecule has 0 fully saturated rings. The number of rotatable bonds is 3. The smallest absolute Gasteiger partial charge is 0.149 e. The Labute approximate surface area is 92.4 Å². The highest BCUT2D eigenvalue weighted by Gasteiger charge is 2.04. The van der Waals surface area contributed by atoms with E-state index in [1.165, 1.54) is 5.56 Å². The Kier molecular flexibility index (Phi) is 2.82. The molecule has 0 amide bonds. The van der Waals surface area contributed by atoms with E-state index < -0.39 is 0 Å². The van der Waals surface area contributed by atoms with Crippen LogP contribution >= 0.6 is 11.3 Å². The highest BCUT2D eigenvalue weighted by atomic mass is 32.1. The number of hydrogen-bond acceptors (Lipinski definition) is 5. The number of anilines is 2. The predicted octanol–water partition coefficient (Wildman–Crippen LogP) is 1.76. The topological polar surface area (TPSA) is 55.0 Å². The van der Waals surface area contributed by atoms with Crippen LogP contribution in [-0.4, -0.2) is 17.0 Å². The summed E-state index contributed by atoms with van der Waals surface area (Å²) < 4.78 is 0. The highest BCUT2D eigenvalue weighted by molar-refractivity contribution is 7.07. The lowest BCUT2D eigenvalue weighted by Crippen LogP contribution is -2.17. The third-order valence-corrected chi connectivity index (χ3v) is 2.76. The Morgan fingerprint density at radius 2 is 2.33 bits per heavy atom. The van der Waals surface area contributed by atoms with Crippen molar-refractivity contribution in [1.29, 1.82) is 0 Å². The molecule has 2 aromatic rings. The minimum Gasteiger partial charge on any atom is -0.382 e. The molecule has 5 heteroatoms. The maximum atomic E-state index is 5.57. The molecule has 0 saturated carbocycles. The fraction of sp³-hybridized carbons (Fsp3) is 0.200. The van der Waals surface area contributed by atoms with E-state index in [1.54, 1.807) is 23.7 Å². The molecule has 0 unspecified atom stereocenters. The van der Waals surface area contributed by atoms with E-state index in [0.717, 1.165) is 12.4 Å². The minimum absolute atomic E-state index is 0.449. The van der Waals surface area contributed by atoms with Crippen LogP contribution in [-0.2, 0) is 6.54 Å². The van der Waals surface area contributed by atoms with Gasteiger partial charge in [-0.15, -0.1) is 0 Å². The van der Waals surface area contributed by atoms with Crippen LogP contribution in [0.25, 0.3) is 0 Å². The van der Waals surface area contributed by atoms with Crippen LogP contribution in [0.1, 0.15) is 5.56 Å². The first kappa shape index (κ1) is 9.92. The van der Waals surface area contributed by atoms with Crippen LogP contribution in [0, 0.1) is 0 Å². The number of nitrogens with two attached hydrogens (primary N) is 1. The monoisotopic (exact) mass is 220 g/mol. The molecule has 15 heavy (non-hydrogen) atoms. The van der Waals surface area contributed by atoms with Crippen molar-refractivity contribution in [3.05, 3.63) is 34.8 Å². The molecule has 0 atom stereocenters. The van der Waals surface area contributed by atoms with Gasteiger partial charge in [-0.25, -0.2) is 4.98 Å². The molecule has 2 rings (SSSR count). The second kappa shape index (κ2) is 4.27. The van der Waals surface area contributed by atoms with Gasteiger partial charge in [-0.2, -0.15) is 11.3 Å². The van der Waals surface area contributed by atoms with Crippen LogP contribution in [0.3, 0.4) is 0 Å². The van der Waals surface area contributed by atoms with E-state index in [2.05, 4.69) is 26.8 Å². The van der Waals surface area contributed by atoms with E-state index >= 15 is 0 Å². The van der Waals surface area contributed by atoms with Crippen LogP contribution in [0.5, 0.6) is 0 Å². The van der Waals surface area contributed by atoms with Crippen molar-refractivity contribution in [2.24, 2.45) is 0 Å². The normalized spacial score (nSPS) is 10.2. The van der Waals surface area contributed by atoms with Crippen molar-refractivity contribution in [3.63, 3.8) is 0 Å². The van der Waals surface area contributed by atoms with Crippen LogP contribution < -0.4 is 10.6 Å². The molecule has 2 heterocycles. The molecule has 0 aliphatic carbocycles. The standard InChI is InChI=1S/C10H12N4S/c1-14(6-8-2-3-15-7-8)10-5-12-4-9(11)13-10/h2-5,7H,6H2,1H3,(H2,11,13). The molecule has 0 aliphatic rings. The van der Waals surface area contributed by atoms with Gasteiger partial charge in [0.1, 0.15) is 11.6 Å². The van der Waals surface area contributed by atoms with E-state index in [4.69, 9.17) is 5.73 Å². The summed E-state index contributed by atoms with van der Waals surface area (Å²) in [6.45, 7) is 0.821. The first-order valence-electron chi connectivity index (χ1n) is 4.55. The van der Waals surface area contributed by atoms with Gasteiger partial charge in [0.15, 0.2) is 0 Å². The van der Waals surface area contributed by atoms with E-state index in [0.29, 0.717) is 5.82 Å². The number of thiophene rings is 1. The van der Waals surface area contributed by atoms with Crippen LogP contribution in [0.4, 0.5) is 11.6 Å². The average Bonchev–Trinajstić information content (AvgIpc) is 2.70. The molecule has 0 spiro atoms. The van der Waals surface area contributed by atoms with Crippen molar-refractivity contribution in [1.82, 2.24) is 9.97 Å². The first-order valence-corrected chi connectivity index (χ1v) is 5.50. The number of nitrogen functional groups attached to an aromatic ring is 1. The van der Waals surface area contributed by atoms with Crippen LogP contribution in [0.2, 0.25) is 0 Å². The van der Waals surface area contributed by atoms with Gasteiger partial charge in [-0.05, 0) is 22.4 Å². The Bertz CT molecular complexity index is 427. The first-order chi connectivity index (χ1) is 7.25. The van der Waals surface area contributed by atoms with Gasteiger partial charge < -0.3 is 10.6 Å². The fourth-order valence-corrected chi connectivity index (χ4v) is 1.95. The lowest BCUT2D eigenvalue weighted by molar-refractivity contribution is 0.895. The maximum absolute atomic E-state index is 5.57. The molecule has 0 bridgehead atoms. The lowest BCUT2D eigenvalue weighted by Gasteiger charge is -2.16. The van der Waals surface area contributed by atoms with Gasteiger partial charge in [0, 0.05) is 13.6 Å². The lowest BCUT2D eigenvalue weighted by atomic mass is 10.3. The molecule has 0 aromatic carbocycles. The summed E-state index contributed by atoms with van der Waals surface area (Å²) in [6.07, 6.45) is 3.25. The average molecular weight is 220 g/mol. The molecule has 0 saturated heterocycles. The van der Waals surface area contributed by atoms with Crippen molar-refractivity contribution in [2.75, 3.05) is 17.7 Å². The Balaban J connectivity index is 2.11. The van der Waals surface area contributed by atoms with Crippen molar-refractivity contribution >= 4 is 23.0 Å². The Morgan fingerprint density at radius 1 is 1.47 bits per heavy atom. The zero-order valence-corrected chi connectivity index (χ0v) is 9.24. The molecule has 78 valence electrons. The summed E-state index contributed by atoms with van der Waals surface area (Å²) in [5.41, 5.74) is 6.84. The van der Waals surface area contributed by atoms with Crippen LogP contribution in [0.15, 0.2) is 29.2 Å². The zero-order chi connectivity index (χ0) is 10.7. The third-order valence-electron chi connectivity index (χ3n) is 2.03. The van der Waals surface area contributed by atoms with E-state index in [9.17, 15) is 0 Å². The second-order valence-electron chi connectivity index (χ2n) is 3.29. The van der Waals surface area contributed by atoms with Gasteiger partial charge in [-0.3, -0.25) is 4.98 Å². The Morgan fingerprint density at radius 3 is 3.00 bits per heavy atom. The number of hydrogen-bond donors (Lipinski definition) is 1. The maximum Gasteiger partial charge on any atom is 0.149 e. The largest absolute Gasteiger partial charge is 0.382 e. The zero-order valence-electron chi connectivity index (χ0n) is 8.42. The van der Waals surface area contributed by atoms with Gasteiger partial charge in [-0.1, -0.05) is 0 Å². The van der Waals surface area contributed by atoms with Crippen molar-refractivity contribution < 1.29 is 0 Å². The van der Waals surface area contributed by atoms with Crippen molar-refractivity contribution in [3.8, 4) is 0 Å².